The van der Waals surface area contributed by atoms with Crippen molar-refractivity contribution in [2.24, 2.45) is 63.9 Å². The third kappa shape index (κ3) is 6.24. The maximum atomic E-state index is 12.8. The number of ether oxygens (including phenoxy) is 1. The molecule has 0 aromatic carbocycles. The van der Waals surface area contributed by atoms with E-state index < -0.39 is 6.04 Å². The summed E-state index contributed by atoms with van der Waals surface area (Å²) in [6, 6.07) is -0.557. The number of esters is 1. The van der Waals surface area contributed by atoms with Gasteiger partial charge in [0.15, 0.2) is 0 Å². The van der Waals surface area contributed by atoms with Crippen LogP contribution in [0.1, 0.15) is 125 Å². The fourth-order valence-corrected chi connectivity index (χ4v) is 10.6. The molecule has 5 nitrogen and oxygen atoms in total. The molecule has 0 aromatic rings. The molecular formula is C34H60N2O3. The number of hydrogen-bond acceptors (Lipinski definition) is 4. The lowest BCUT2D eigenvalue weighted by molar-refractivity contribution is -0.146. The molecule has 0 aromatic heterocycles. The lowest BCUT2D eigenvalue weighted by Crippen LogP contribution is -2.53. The van der Waals surface area contributed by atoms with Gasteiger partial charge in [-0.25, -0.2) is 4.79 Å². The predicted octanol–water partition coefficient (Wildman–Crippen LogP) is 7.12. The number of amides is 1. The first-order valence-corrected chi connectivity index (χ1v) is 16.6. The van der Waals surface area contributed by atoms with Gasteiger partial charge in [0, 0.05) is 6.42 Å². The molecule has 4 aliphatic carbocycles. The van der Waals surface area contributed by atoms with E-state index >= 15 is 0 Å². The molecule has 4 rings (SSSR count). The predicted molar refractivity (Wildman–Crippen MR) is 159 cm³/mol. The number of carbonyl (C=O) groups is 2. The molecule has 0 saturated heterocycles. The van der Waals surface area contributed by atoms with Crippen molar-refractivity contribution in [2.75, 3.05) is 13.7 Å². The van der Waals surface area contributed by atoms with Crippen molar-refractivity contribution in [3.63, 3.8) is 0 Å². The number of unbranched alkanes of at least 4 members (excludes halogenated alkanes) is 1. The molecule has 39 heavy (non-hydrogen) atoms. The van der Waals surface area contributed by atoms with Crippen LogP contribution in [0.5, 0.6) is 0 Å². The molecule has 4 saturated carbocycles. The Morgan fingerprint density at radius 3 is 2.36 bits per heavy atom. The summed E-state index contributed by atoms with van der Waals surface area (Å²) in [6.07, 6.45) is 18.1. The normalized spacial score (nSPS) is 39.3. The van der Waals surface area contributed by atoms with Gasteiger partial charge in [-0.2, -0.15) is 0 Å². The smallest absolute Gasteiger partial charge is 0.328 e. The highest BCUT2D eigenvalue weighted by Crippen LogP contribution is 2.68. The van der Waals surface area contributed by atoms with Crippen LogP contribution in [0, 0.1) is 58.2 Å². The van der Waals surface area contributed by atoms with Crippen LogP contribution < -0.4 is 11.1 Å². The Morgan fingerprint density at radius 1 is 0.949 bits per heavy atom. The van der Waals surface area contributed by atoms with Crippen LogP contribution in [0.15, 0.2) is 0 Å². The van der Waals surface area contributed by atoms with Gasteiger partial charge in [-0.15, -0.1) is 0 Å². The summed E-state index contributed by atoms with van der Waals surface area (Å²) in [7, 11) is 1.39. The summed E-state index contributed by atoms with van der Waals surface area (Å²) >= 11 is 0. The van der Waals surface area contributed by atoms with Crippen LogP contribution in [0.4, 0.5) is 0 Å². The summed E-state index contributed by atoms with van der Waals surface area (Å²) in [5.41, 5.74) is 6.75. The Morgan fingerprint density at radius 2 is 1.67 bits per heavy atom. The van der Waals surface area contributed by atoms with Gasteiger partial charge >= 0.3 is 5.97 Å². The zero-order valence-corrected chi connectivity index (χ0v) is 26.1. The lowest BCUT2D eigenvalue weighted by Gasteiger charge is -2.61. The topological polar surface area (TPSA) is 81.4 Å². The van der Waals surface area contributed by atoms with Crippen molar-refractivity contribution >= 4 is 11.9 Å². The van der Waals surface area contributed by atoms with Gasteiger partial charge in [0.05, 0.1) is 7.11 Å². The number of methoxy groups -OCH3 is 1. The summed E-state index contributed by atoms with van der Waals surface area (Å²) in [6.45, 7) is 12.4. The van der Waals surface area contributed by atoms with Crippen molar-refractivity contribution in [3.05, 3.63) is 0 Å². The summed E-state index contributed by atoms with van der Waals surface area (Å²) in [5, 5.41) is 2.94. The van der Waals surface area contributed by atoms with E-state index in [1.165, 1.54) is 84.2 Å². The first kappa shape index (κ1) is 30.8. The van der Waals surface area contributed by atoms with Crippen molar-refractivity contribution in [2.45, 2.75) is 131 Å². The Labute approximate surface area is 239 Å². The number of fused-ring (bicyclic) bond motifs is 5. The maximum Gasteiger partial charge on any atom is 0.328 e. The van der Waals surface area contributed by atoms with Crippen LogP contribution in [0.2, 0.25) is 0 Å². The number of hydrogen-bond donors (Lipinski definition) is 2. The van der Waals surface area contributed by atoms with Gasteiger partial charge in [-0.3, -0.25) is 4.79 Å². The Balaban J connectivity index is 1.34. The molecule has 0 bridgehead atoms. The number of nitrogens with two attached hydrogens (primary N) is 1. The standard InChI is InChI=1S/C34H60N2O3/c1-22(2)31(32(38)39-6)36-30(37)15-10-23(3)27-13-14-28-26-12-11-25-21-24(9-7-8-20-35)16-18-33(25,4)29(26)17-19-34(27,28)5/h22-29,31H,7-21,35H2,1-6H3,(H,36,37)/t23-,24+,25-,26?,27-,28?,29?,31-,33+,34-/m1/s1. The zero-order valence-electron chi connectivity index (χ0n) is 26.1. The third-order valence-electron chi connectivity index (χ3n) is 12.9. The number of rotatable bonds is 11. The van der Waals surface area contributed by atoms with E-state index in [-0.39, 0.29) is 17.8 Å². The Bertz CT molecular complexity index is 844. The molecular weight excluding hydrogens is 484 g/mol. The first-order chi connectivity index (χ1) is 18.5. The molecule has 0 heterocycles. The lowest BCUT2D eigenvalue weighted by atomic mass is 9.44. The van der Waals surface area contributed by atoms with E-state index in [1.807, 2.05) is 13.8 Å². The largest absolute Gasteiger partial charge is 0.467 e. The highest BCUT2D eigenvalue weighted by molar-refractivity contribution is 5.84. The van der Waals surface area contributed by atoms with E-state index in [9.17, 15) is 9.59 Å². The van der Waals surface area contributed by atoms with E-state index in [4.69, 9.17) is 10.5 Å². The van der Waals surface area contributed by atoms with Crippen LogP contribution in [-0.4, -0.2) is 31.6 Å². The van der Waals surface area contributed by atoms with Gasteiger partial charge in [-0.05, 0) is 135 Å². The molecule has 4 fully saturated rings. The van der Waals surface area contributed by atoms with Crippen molar-refractivity contribution in [1.82, 2.24) is 5.32 Å². The van der Waals surface area contributed by atoms with Crippen molar-refractivity contribution in [1.29, 1.82) is 0 Å². The second-order valence-electron chi connectivity index (χ2n) is 15.1. The molecule has 4 aliphatic rings. The minimum Gasteiger partial charge on any atom is -0.467 e. The third-order valence-corrected chi connectivity index (χ3v) is 12.9. The van der Waals surface area contributed by atoms with Gasteiger partial charge in [0.2, 0.25) is 5.91 Å². The first-order valence-electron chi connectivity index (χ1n) is 16.6. The molecule has 0 spiro atoms. The molecule has 0 aliphatic heterocycles. The number of nitrogens with one attached hydrogen (secondary N) is 1. The van der Waals surface area contributed by atoms with Crippen LogP contribution in [0.25, 0.3) is 0 Å². The molecule has 5 heteroatoms. The van der Waals surface area contributed by atoms with E-state index in [1.54, 1.807) is 0 Å². The van der Waals surface area contributed by atoms with Crippen molar-refractivity contribution in [3.8, 4) is 0 Å². The van der Waals surface area contributed by atoms with Gasteiger partial charge < -0.3 is 15.8 Å². The quantitative estimate of drug-likeness (QED) is 0.214. The van der Waals surface area contributed by atoms with Gasteiger partial charge in [0.1, 0.15) is 6.04 Å². The average molecular weight is 545 g/mol. The molecule has 224 valence electrons. The summed E-state index contributed by atoms with van der Waals surface area (Å²) < 4.78 is 4.90. The fourth-order valence-electron chi connectivity index (χ4n) is 10.6. The van der Waals surface area contributed by atoms with Gasteiger partial charge in [-0.1, -0.05) is 47.5 Å². The second-order valence-corrected chi connectivity index (χ2v) is 15.1. The average Bonchev–Trinajstić information content (AvgIpc) is 3.27. The molecule has 0 radical (unpaired) electrons. The van der Waals surface area contributed by atoms with Crippen LogP contribution >= 0.6 is 0 Å². The van der Waals surface area contributed by atoms with Gasteiger partial charge in [0.25, 0.3) is 0 Å². The van der Waals surface area contributed by atoms with Crippen LogP contribution in [0.3, 0.4) is 0 Å². The van der Waals surface area contributed by atoms with Crippen LogP contribution in [-0.2, 0) is 14.3 Å². The second kappa shape index (κ2) is 12.8. The molecule has 3 unspecified atom stereocenters. The zero-order chi connectivity index (χ0) is 28.4. The highest BCUT2D eigenvalue weighted by atomic mass is 16.5. The minimum absolute atomic E-state index is 0.0146. The molecule has 3 N–H and O–H groups in total. The summed E-state index contributed by atoms with van der Waals surface area (Å²) in [5.74, 6) is 5.48. The van der Waals surface area contributed by atoms with E-state index in [2.05, 4.69) is 26.1 Å². The molecule has 1 amide bonds. The number of carbonyl (C=O) groups excluding carboxylic acids is 2. The molecule has 10 atom stereocenters. The highest BCUT2D eigenvalue weighted by Gasteiger charge is 2.60. The van der Waals surface area contributed by atoms with E-state index in [0.717, 1.165) is 42.6 Å². The minimum atomic E-state index is -0.557. The van der Waals surface area contributed by atoms with Crippen molar-refractivity contribution < 1.29 is 14.3 Å². The fraction of sp³-hybridized carbons (Fsp3) is 0.941. The Kier molecular flexibility index (Phi) is 10.1. The summed E-state index contributed by atoms with van der Waals surface area (Å²) in [4.78, 5) is 24.9. The van der Waals surface area contributed by atoms with E-state index in [0.29, 0.717) is 29.1 Å². The SMILES string of the molecule is COC(=O)[C@H](NC(=O)CC[C@@H](C)[C@H]1CCC2C3CC[C@@H]4C[C@@H](CCCCN)CC[C@]4(C)C3CC[C@@]21C)C(C)C. The Hall–Kier alpha value is -1.10. The monoisotopic (exact) mass is 544 g/mol. The maximum absolute atomic E-state index is 12.8.